The van der Waals surface area contributed by atoms with Crippen molar-refractivity contribution in [2.45, 2.75) is 32.7 Å². The Morgan fingerprint density at radius 2 is 2.00 bits per heavy atom. The molecule has 0 amide bonds. The van der Waals surface area contributed by atoms with Crippen LogP contribution in [0.2, 0.25) is 0 Å². The molecule has 0 radical (unpaired) electrons. The van der Waals surface area contributed by atoms with Crippen molar-refractivity contribution >= 4 is 15.7 Å². The Morgan fingerprint density at radius 1 is 1.29 bits per heavy atom. The van der Waals surface area contributed by atoms with Gasteiger partial charge in [0.2, 0.25) is 10.0 Å². The molecule has 1 unspecified atom stereocenters. The minimum atomic E-state index is -3.34. The van der Waals surface area contributed by atoms with Crippen LogP contribution < -0.4 is 10.0 Å². The van der Waals surface area contributed by atoms with Crippen LogP contribution in [0.4, 0.5) is 5.69 Å². The highest BCUT2D eigenvalue weighted by molar-refractivity contribution is 7.92. The number of para-hydroxylation sites is 1. The summed E-state index contributed by atoms with van der Waals surface area (Å²) in [4.78, 5) is 0. The third-order valence-corrected chi connectivity index (χ3v) is 4.51. The van der Waals surface area contributed by atoms with Gasteiger partial charge in [0.1, 0.15) is 0 Å². The summed E-state index contributed by atoms with van der Waals surface area (Å²) in [5.41, 5.74) is 1.60. The summed E-state index contributed by atoms with van der Waals surface area (Å²) in [5.74, 6) is 0.0615. The SMILES string of the molecule is CCCNC(C)c1ccccc1NS(=O)(=O)CCCOC. The van der Waals surface area contributed by atoms with E-state index in [0.29, 0.717) is 18.7 Å². The summed E-state index contributed by atoms with van der Waals surface area (Å²) in [6.45, 7) is 5.48. The van der Waals surface area contributed by atoms with E-state index in [0.717, 1.165) is 18.5 Å². The smallest absolute Gasteiger partial charge is 0.232 e. The van der Waals surface area contributed by atoms with Crippen LogP contribution in [-0.2, 0) is 14.8 Å². The normalized spacial score (nSPS) is 13.1. The number of nitrogens with one attached hydrogen (secondary N) is 2. The molecule has 0 aliphatic heterocycles. The monoisotopic (exact) mass is 314 g/mol. The molecule has 0 bridgehead atoms. The standard InChI is InChI=1S/C15H26N2O3S/c1-4-10-16-13(2)14-8-5-6-9-15(14)17-21(18,19)12-7-11-20-3/h5-6,8-9,13,16-17H,4,7,10-12H2,1-3H3. The first-order chi connectivity index (χ1) is 10.00. The number of rotatable bonds is 10. The predicted octanol–water partition coefficient (Wildman–Crippen LogP) is 2.53. The van der Waals surface area contributed by atoms with Crippen LogP contribution in [0.5, 0.6) is 0 Å². The molecule has 1 rings (SSSR count). The second kappa shape index (κ2) is 9.02. The number of ether oxygens (including phenoxy) is 1. The van der Waals surface area contributed by atoms with Gasteiger partial charge in [0, 0.05) is 19.8 Å². The molecule has 0 heterocycles. The largest absolute Gasteiger partial charge is 0.385 e. The summed E-state index contributed by atoms with van der Waals surface area (Å²) < 4.78 is 31.7. The maximum Gasteiger partial charge on any atom is 0.232 e. The molecule has 1 atom stereocenters. The van der Waals surface area contributed by atoms with Crippen LogP contribution in [0.3, 0.4) is 0 Å². The first-order valence-electron chi connectivity index (χ1n) is 7.32. The summed E-state index contributed by atoms with van der Waals surface area (Å²) in [7, 11) is -1.78. The molecule has 0 saturated heterocycles. The maximum absolute atomic E-state index is 12.1. The molecule has 1 aromatic rings. The van der Waals surface area contributed by atoms with Gasteiger partial charge in [0.05, 0.1) is 11.4 Å². The average Bonchev–Trinajstić information content (AvgIpc) is 2.45. The maximum atomic E-state index is 12.1. The fourth-order valence-corrected chi connectivity index (χ4v) is 3.17. The average molecular weight is 314 g/mol. The van der Waals surface area contributed by atoms with Gasteiger partial charge >= 0.3 is 0 Å². The Balaban J connectivity index is 2.78. The first-order valence-corrected chi connectivity index (χ1v) is 8.97. The zero-order valence-electron chi connectivity index (χ0n) is 13.1. The van der Waals surface area contributed by atoms with Gasteiger partial charge in [-0.15, -0.1) is 0 Å². The van der Waals surface area contributed by atoms with Gasteiger partial charge in [-0.2, -0.15) is 0 Å². The highest BCUT2D eigenvalue weighted by Gasteiger charge is 2.15. The number of hydrogen-bond acceptors (Lipinski definition) is 4. The van der Waals surface area contributed by atoms with E-state index >= 15 is 0 Å². The third-order valence-electron chi connectivity index (χ3n) is 3.15. The summed E-state index contributed by atoms with van der Waals surface area (Å²) >= 11 is 0. The van der Waals surface area contributed by atoms with E-state index in [1.807, 2.05) is 25.1 Å². The van der Waals surface area contributed by atoms with E-state index in [1.165, 1.54) is 0 Å². The number of hydrogen-bond donors (Lipinski definition) is 2. The Bertz CT molecular complexity index is 517. The molecule has 120 valence electrons. The summed E-state index contributed by atoms with van der Waals surface area (Å²) in [6, 6.07) is 7.60. The van der Waals surface area contributed by atoms with Crippen molar-refractivity contribution in [3.05, 3.63) is 29.8 Å². The third kappa shape index (κ3) is 6.46. The zero-order valence-corrected chi connectivity index (χ0v) is 13.9. The molecule has 6 heteroatoms. The lowest BCUT2D eigenvalue weighted by Gasteiger charge is -2.18. The molecular formula is C15H26N2O3S. The van der Waals surface area contributed by atoms with Gasteiger partial charge in [-0.3, -0.25) is 4.72 Å². The van der Waals surface area contributed by atoms with E-state index in [-0.39, 0.29) is 11.8 Å². The van der Waals surface area contributed by atoms with Crippen LogP contribution in [0.1, 0.15) is 38.3 Å². The molecule has 0 aliphatic rings. The fraction of sp³-hybridized carbons (Fsp3) is 0.600. The Kier molecular flexibility index (Phi) is 7.71. The van der Waals surface area contributed by atoms with Crippen molar-refractivity contribution < 1.29 is 13.2 Å². The van der Waals surface area contributed by atoms with Crippen molar-refractivity contribution in [3.63, 3.8) is 0 Å². The van der Waals surface area contributed by atoms with Crippen LogP contribution in [-0.4, -0.2) is 34.4 Å². The van der Waals surface area contributed by atoms with E-state index in [2.05, 4.69) is 17.0 Å². The van der Waals surface area contributed by atoms with Crippen molar-refractivity contribution in [1.29, 1.82) is 0 Å². The topological polar surface area (TPSA) is 67.4 Å². The summed E-state index contributed by atoms with van der Waals surface area (Å²) in [5, 5.41) is 3.37. The minimum Gasteiger partial charge on any atom is -0.385 e. The Labute approximate surface area is 128 Å². The van der Waals surface area contributed by atoms with Gasteiger partial charge in [-0.25, -0.2) is 8.42 Å². The fourth-order valence-electron chi connectivity index (χ4n) is 2.05. The molecule has 2 N–H and O–H groups in total. The van der Waals surface area contributed by atoms with Crippen molar-refractivity contribution in [3.8, 4) is 0 Å². The number of benzene rings is 1. The summed E-state index contributed by atoms with van der Waals surface area (Å²) in [6.07, 6.45) is 1.52. The predicted molar refractivity (Wildman–Crippen MR) is 87.1 cm³/mol. The molecule has 21 heavy (non-hydrogen) atoms. The van der Waals surface area contributed by atoms with Crippen molar-refractivity contribution in [1.82, 2.24) is 5.32 Å². The Hall–Kier alpha value is -1.11. The van der Waals surface area contributed by atoms with Crippen molar-refractivity contribution in [2.24, 2.45) is 0 Å². The number of methoxy groups -OCH3 is 1. The quantitative estimate of drug-likeness (QED) is 0.651. The van der Waals surface area contributed by atoms with Gasteiger partial charge in [-0.05, 0) is 37.9 Å². The molecule has 0 saturated carbocycles. The lowest BCUT2D eigenvalue weighted by Crippen LogP contribution is -2.23. The van der Waals surface area contributed by atoms with Crippen LogP contribution in [0.15, 0.2) is 24.3 Å². The molecule has 0 aromatic heterocycles. The van der Waals surface area contributed by atoms with Gasteiger partial charge in [0.25, 0.3) is 0 Å². The highest BCUT2D eigenvalue weighted by Crippen LogP contribution is 2.23. The molecule has 1 aromatic carbocycles. The first kappa shape index (κ1) is 17.9. The molecule has 5 nitrogen and oxygen atoms in total. The van der Waals surface area contributed by atoms with Gasteiger partial charge < -0.3 is 10.1 Å². The lowest BCUT2D eigenvalue weighted by atomic mass is 10.1. The second-order valence-corrected chi connectivity index (χ2v) is 6.87. The lowest BCUT2D eigenvalue weighted by molar-refractivity contribution is 0.199. The van der Waals surface area contributed by atoms with Gasteiger partial charge in [0.15, 0.2) is 0 Å². The van der Waals surface area contributed by atoms with Crippen LogP contribution >= 0.6 is 0 Å². The molecular weight excluding hydrogens is 288 g/mol. The molecule has 0 aliphatic carbocycles. The Morgan fingerprint density at radius 3 is 2.67 bits per heavy atom. The van der Waals surface area contributed by atoms with Crippen molar-refractivity contribution in [2.75, 3.05) is 30.7 Å². The number of sulfonamides is 1. The van der Waals surface area contributed by atoms with Crippen LogP contribution in [0.25, 0.3) is 0 Å². The molecule has 0 fully saturated rings. The van der Waals surface area contributed by atoms with Gasteiger partial charge in [-0.1, -0.05) is 25.1 Å². The van der Waals surface area contributed by atoms with E-state index in [4.69, 9.17) is 4.74 Å². The second-order valence-electron chi connectivity index (χ2n) is 5.03. The minimum absolute atomic E-state index is 0.0615. The zero-order chi connectivity index (χ0) is 15.7. The number of anilines is 1. The highest BCUT2D eigenvalue weighted by atomic mass is 32.2. The van der Waals surface area contributed by atoms with E-state index in [1.54, 1.807) is 13.2 Å². The van der Waals surface area contributed by atoms with E-state index < -0.39 is 10.0 Å². The molecule has 0 spiro atoms. The van der Waals surface area contributed by atoms with E-state index in [9.17, 15) is 8.42 Å². The van der Waals surface area contributed by atoms with Crippen LogP contribution in [0, 0.1) is 0 Å².